The lowest BCUT2D eigenvalue weighted by Crippen LogP contribution is -2.34. The fourth-order valence-corrected chi connectivity index (χ4v) is 4.74. The van der Waals surface area contributed by atoms with E-state index in [1.54, 1.807) is 0 Å². The van der Waals surface area contributed by atoms with E-state index in [9.17, 15) is 0 Å². The Hall–Kier alpha value is -2.74. The largest absolute Gasteiger partial charge is 0.342 e. The van der Waals surface area contributed by atoms with Gasteiger partial charge in [-0.05, 0) is 69.5 Å². The summed E-state index contributed by atoms with van der Waals surface area (Å²) < 4.78 is 0. The summed E-state index contributed by atoms with van der Waals surface area (Å²) in [5, 5.41) is 0. The lowest BCUT2D eigenvalue weighted by molar-refractivity contribution is 0.645. The molecule has 0 N–H and O–H groups in total. The Morgan fingerprint density at radius 1 is 0.571 bits per heavy atom. The average molecular weight is 371 g/mol. The zero-order valence-electron chi connectivity index (χ0n) is 17.6. The summed E-state index contributed by atoms with van der Waals surface area (Å²) in [6, 6.07) is 27.1. The van der Waals surface area contributed by atoms with Crippen LogP contribution < -0.4 is 9.80 Å². The van der Waals surface area contributed by atoms with Crippen LogP contribution in [0.25, 0.3) is 0 Å². The van der Waals surface area contributed by atoms with E-state index in [1.807, 2.05) is 0 Å². The molecule has 1 aliphatic heterocycles. The number of aryl methyl sites for hydroxylation is 3. The van der Waals surface area contributed by atoms with Crippen LogP contribution in [0.15, 0.2) is 72.8 Å². The summed E-state index contributed by atoms with van der Waals surface area (Å²) in [4.78, 5) is 5.23. The Kier molecular flexibility index (Phi) is 4.89. The summed E-state index contributed by atoms with van der Waals surface area (Å²) in [6.45, 7) is 11.4. The van der Waals surface area contributed by atoms with E-state index in [2.05, 4.69) is 117 Å². The first-order chi connectivity index (χ1) is 13.5. The number of hydrogen-bond acceptors (Lipinski definition) is 2. The Morgan fingerprint density at radius 3 is 1.75 bits per heavy atom. The molecule has 1 saturated heterocycles. The monoisotopic (exact) mass is 370 g/mol. The molecule has 0 aliphatic carbocycles. The highest BCUT2D eigenvalue weighted by molar-refractivity contribution is 5.65. The first-order valence-electron chi connectivity index (χ1n) is 10.2. The minimum absolute atomic E-state index is 0.176. The molecule has 1 heterocycles. The SMILES string of the molecule is Cc1ccccc1N1C(c2c(C)cccc2C)N(c2ccccc2)C(C)[C@@H]1C. The predicted molar refractivity (Wildman–Crippen MR) is 120 cm³/mol. The van der Waals surface area contributed by atoms with Gasteiger partial charge in [-0.3, -0.25) is 0 Å². The number of nitrogens with zero attached hydrogens (tertiary/aromatic N) is 2. The maximum absolute atomic E-state index is 2.63. The highest BCUT2D eigenvalue weighted by Crippen LogP contribution is 2.46. The smallest absolute Gasteiger partial charge is 0.129 e. The van der Waals surface area contributed by atoms with Gasteiger partial charge in [0.1, 0.15) is 6.17 Å². The molecule has 2 nitrogen and oxygen atoms in total. The molecule has 0 saturated carbocycles. The molecule has 144 valence electrons. The van der Waals surface area contributed by atoms with Crippen molar-refractivity contribution in [3.05, 3.63) is 95.1 Å². The number of rotatable bonds is 3. The zero-order chi connectivity index (χ0) is 19.8. The number of benzene rings is 3. The van der Waals surface area contributed by atoms with Crippen molar-refractivity contribution in [3.63, 3.8) is 0 Å². The highest BCUT2D eigenvalue weighted by atomic mass is 15.5. The second-order valence-electron chi connectivity index (χ2n) is 8.10. The normalized spacial score (nSPS) is 22.0. The quantitative estimate of drug-likeness (QED) is 0.525. The van der Waals surface area contributed by atoms with Crippen LogP contribution in [0.2, 0.25) is 0 Å². The van der Waals surface area contributed by atoms with Crippen molar-refractivity contribution in [2.24, 2.45) is 0 Å². The lowest BCUT2D eigenvalue weighted by Gasteiger charge is -2.37. The molecule has 2 heteroatoms. The van der Waals surface area contributed by atoms with Crippen molar-refractivity contribution >= 4 is 11.4 Å². The molecule has 0 aromatic heterocycles. The van der Waals surface area contributed by atoms with E-state index >= 15 is 0 Å². The van der Waals surface area contributed by atoms with Crippen LogP contribution in [0, 0.1) is 20.8 Å². The second-order valence-corrected chi connectivity index (χ2v) is 8.10. The van der Waals surface area contributed by atoms with Gasteiger partial charge in [-0.15, -0.1) is 0 Å². The van der Waals surface area contributed by atoms with Crippen molar-refractivity contribution in [2.75, 3.05) is 9.80 Å². The Labute approximate surface area is 169 Å². The van der Waals surface area contributed by atoms with Crippen LogP contribution in [0.5, 0.6) is 0 Å². The topological polar surface area (TPSA) is 6.48 Å². The van der Waals surface area contributed by atoms with E-state index < -0.39 is 0 Å². The summed E-state index contributed by atoms with van der Waals surface area (Å²) in [5.41, 5.74) is 8.06. The average Bonchev–Trinajstić information content (AvgIpc) is 2.94. The van der Waals surface area contributed by atoms with Crippen LogP contribution in [0.3, 0.4) is 0 Å². The molecule has 4 rings (SSSR count). The number of para-hydroxylation sites is 2. The van der Waals surface area contributed by atoms with E-state index in [-0.39, 0.29) is 6.17 Å². The minimum atomic E-state index is 0.176. The van der Waals surface area contributed by atoms with Gasteiger partial charge in [-0.2, -0.15) is 0 Å². The standard InChI is InChI=1S/C26H30N2/c1-18-12-9-10-17-24(18)28-22(5)21(4)27(23-15-7-6-8-16-23)26(28)25-19(2)13-11-14-20(25)3/h6-17,21-22,26H,1-5H3/t21?,22-,26?/m0/s1. The third-order valence-corrected chi connectivity index (χ3v) is 6.35. The van der Waals surface area contributed by atoms with Gasteiger partial charge in [0.2, 0.25) is 0 Å². The van der Waals surface area contributed by atoms with Gasteiger partial charge in [-0.25, -0.2) is 0 Å². The second kappa shape index (κ2) is 7.35. The molecule has 28 heavy (non-hydrogen) atoms. The van der Waals surface area contributed by atoms with E-state index in [0.29, 0.717) is 12.1 Å². The van der Waals surface area contributed by atoms with Crippen molar-refractivity contribution < 1.29 is 0 Å². The van der Waals surface area contributed by atoms with Gasteiger partial charge < -0.3 is 9.80 Å². The van der Waals surface area contributed by atoms with Crippen LogP contribution in [0.1, 0.15) is 42.3 Å². The molecule has 1 fully saturated rings. The Bertz CT molecular complexity index is 943. The van der Waals surface area contributed by atoms with Crippen LogP contribution >= 0.6 is 0 Å². The van der Waals surface area contributed by atoms with E-state index in [1.165, 1.54) is 33.6 Å². The van der Waals surface area contributed by atoms with Crippen molar-refractivity contribution in [1.29, 1.82) is 0 Å². The fourth-order valence-electron chi connectivity index (χ4n) is 4.74. The first-order valence-corrected chi connectivity index (χ1v) is 10.2. The number of hydrogen-bond donors (Lipinski definition) is 0. The van der Waals surface area contributed by atoms with Gasteiger partial charge in [0.15, 0.2) is 0 Å². The molecule has 0 amide bonds. The van der Waals surface area contributed by atoms with Gasteiger partial charge in [0.25, 0.3) is 0 Å². The Morgan fingerprint density at radius 2 is 1.11 bits per heavy atom. The fraction of sp³-hybridized carbons (Fsp3) is 0.308. The van der Waals surface area contributed by atoms with Crippen LogP contribution in [-0.4, -0.2) is 12.1 Å². The third kappa shape index (κ3) is 2.97. The third-order valence-electron chi connectivity index (χ3n) is 6.35. The molecule has 1 aliphatic rings. The summed E-state index contributed by atoms with van der Waals surface area (Å²) in [6.07, 6.45) is 0.176. The maximum atomic E-state index is 2.63. The molecule has 0 radical (unpaired) electrons. The van der Waals surface area contributed by atoms with Crippen LogP contribution in [-0.2, 0) is 0 Å². The summed E-state index contributed by atoms with van der Waals surface area (Å²) in [5.74, 6) is 0. The van der Waals surface area contributed by atoms with Crippen molar-refractivity contribution in [3.8, 4) is 0 Å². The molecule has 3 aromatic rings. The van der Waals surface area contributed by atoms with Crippen molar-refractivity contribution in [1.82, 2.24) is 0 Å². The van der Waals surface area contributed by atoms with Gasteiger partial charge in [0, 0.05) is 29.0 Å². The first kappa shape index (κ1) is 18.6. The van der Waals surface area contributed by atoms with Gasteiger partial charge in [0.05, 0.1) is 0 Å². The molecular formula is C26H30N2. The molecule has 3 aromatic carbocycles. The van der Waals surface area contributed by atoms with E-state index in [4.69, 9.17) is 0 Å². The molecule has 0 spiro atoms. The summed E-state index contributed by atoms with van der Waals surface area (Å²) >= 11 is 0. The van der Waals surface area contributed by atoms with E-state index in [0.717, 1.165) is 0 Å². The maximum Gasteiger partial charge on any atom is 0.129 e. The molecule has 2 unspecified atom stereocenters. The lowest BCUT2D eigenvalue weighted by atomic mass is 9.98. The molecular weight excluding hydrogens is 340 g/mol. The van der Waals surface area contributed by atoms with Gasteiger partial charge >= 0.3 is 0 Å². The Balaban J connectivity index is 1.96. The molecule has 3 atom stereocenters. The zero-order valence-corrected chi connectivity index (χ0v) is 17.6. The summed E-state index contributed by atoms with van der Waals surface area (Å²) in [7, 11) is 0. The predicted octanol–water partition coefficient (Wildman–Crippen LogP) is 6.41. The van der Waals surface area contributed by atoms with Crippen molar-refractivity contribution in [2.45, 2.75) is 52.9 Å². The van der Waals surface area contributed by atoms with Gasteiger partial charge in [-0.1, -0.05) is 54.6 Å². The number of anilines is 2. The highest BCUT2D eigenvalue weighted by Gasteiger charge is 2.44. The minimum Gasteiger partial charge on any atom is -0.342 e. The van der Waals surface area contributed by atoms with Crippen LogP contribution in [0.4, 0.5) is 11.4 Å². The molecule has 0 bridgehead atoms.